The number of piperidine rings is 1. The predicted octanol–water partition coefficient (Wildman–Crippen LogP) is 6.04. The van der Waals surface area contributed by atoms with Crippen molar-refractivity contribution in [2.45, 2.75) is 39.7 Å². The van der Waals surface area contributed by atoms with Crippen LogP contribution >= 0.6 is 11.6 Å². The van der Waals surface area contributed by atoms with Crippen molar-refractivity contribution >= 4 is 34.5 Å². The number of likely N-dealkylation sites (tertiary alicyclic amines) is 1. The average molecular weight is 524 g/mol. The Morgan fingerprint density at radius 1 is 1.22 bits per heavy atom. The first-order valence-corrected chi connectivity index (χ1v) is 13.4. The van der Waals surface area contributed by atoms with Gasteiger partial charge in [-0.1, -0.05) is 31.5 Å². The maximum Gasteiger partial charge on any atom is 0.309 e. The van der Waals surface area contributed by atoms with Crippen LogP contribution in [0.4, 0.5) is 0 Å². The summed E-state index contributed by atoms with van der Waals surface area (Å²) < 4.78 is 17.8. The molecule has 2 aromatic carbocycles. The number of aromatic amines is 1. The first-order valence-electron chi connectivity index (χ1n) is 13.1. The maximum atomic E-state index is 12.0. The molecular formula is C29H34ClN3O4. The molecule has 1 unspecified atom stereocenters. The number of ether oxygens (including phenoxy) is 3. The minimum absolute atomic E-state index is 0.0280. The van der Waals surface area contributed by atoms with Gasteiger partial charge < -0.3 is 14.2 Å². The summed E-state index contributed by atoms with van der Waals surface area (Å²) in [6.07, 6.45) is 3.78. The van der Waals surface area contributed by atoms with Crippen LogP contribution < -0.4 is 9.47 Å². The van der Waals surface area contributed by atoms with Crippen molar-refractivity contribution in [3.63, 3.8) is 0 Å². The number of nitrogens with one attached hydrogen (secondary N) is 1. The van der Waals surface area contributed by atoms with Crippen LogP contribution in [0.15, 0.2) is 42.0 Å². The standard InChI is InChI=1S/C29H34ClN3O4/c1-4-35-29(34)20-9-11-33(12-10-20)16-19-13-21-5-7-23(15-26(21)36-17-19)37-27(18(2)3)22-6-8-25-24(14-22)28(30)32-31-25/h5-8,13-15,18,20,27H,4,9-12,16-17H2,1-3H3,(H,31,32). The average Bonchev–Trinajstić information content (AvgIpc) is 3.27. The Morgan fingerprint density at radius 2 is 2.03 bits per heavy atom. The van der Waals surface area contributed by atoms with Gasteiger partial charge in [0, 0.05) is 23.6 Å². The van der Waals surface area contributed by atoms with Crippen molar-refractivity contribution in [3.8, 4) is 11.5 Å². The third-order valence-corrected chi connectivity index (χ3v) is 7.41. The monoisotopic (exact) mass is 523 g/mol. The Bertz CT molecular complexity index is 1290. The summed E-state index contributed by atoms with van der Waals surface area (Å²) in [4.78, 5) is 14.4. The van der Waals surface area contributed by atoms with E-state index in [1.165, 1.54) is 5.57 Å². The van der Waals surface area contributed by atoms with Crippen LogP contribution in [0.3, 0.4) is 0 Å². The van der Waals surface area contributed by atoms with E-state index in [9.17, 15) is 4.79 Å². The van der Waals surface area contributed by atoms with E-state index in [1.54, 1.807) is 0 Å². The van der Waals surface area contributed by atoms with E-state index in [0.717, 1.165) is 66.0 Å². The zero-order valence-electron chi connectivity index (χ0n) is 21.6. The van der Waals surface area contributed by atoms with Gasteiger partial charge in [0.15, 0.2) is 0 Å². The van der Waals surface area contributed by atoms with Gasteiger partial charge in [0.25, 0.3) is 0 Å². The fourth-order valence-electron chi connectivity index (χ4n) is 5.14. The smallest absolute Gasteiger partial charge is 0.309 e. The van der Waals surface area contributed by atoms with Crippen LogP contribution in [0, 0.1) is 11.8 Å². The van der Waals surface area contributed by atoms with Gasteiger partial charge >= 0.3 is 5.97 Å². The molecule has 1 saturated heterocycles. The van der Waals surface area contributed by atoms with Crippen LogP contribution in [-0.4, -0.2) is 53.9 Å². The number of nitrogens with zero attached hydrogens (tertiary/aromatic N) is 2. The van der Waals surface area contributed by atoms with Gasteiger partial charge in [0.05, 0.1) is 18.0 Å². The van der Waals surface area contributed by atoms with Crippen molar-refractivity contribution in [3.05, 3.63) is 58.3 Å². The topological polar surface area (TPSA) is 76.7 Å². The van der Waals surface area contributed by atoms with Crippen LogP contribution in [0.25, 0.3) is 17.0 Å². The summed E-state index contributed by atoms with van der Waals surface area (Å²) in [6.45, 7) is 9.79. The van der Waals surface area contributed by atoms with E-state index in [-0.39, 0.29) is 23.9 Å². The number of H-pyrrole nitrogens is 1. The lowest BCUT2D eigenvalue weighted by molar-refractivity contribution is -0.149. The molecule has 37 heavy (non-hydrogen) atoms. The summed E-state index contributed by atoms with van der Waals surface area (Å²) in [5.74, 6) is 1.83. The Morgan fingerprint density at radius 3 is 2.78 bits per heavy atom. The normalized spacial score (nSPS) is 17.3. The second-order valence-electron chi connectivity index (χ2n) is 10.2. The predicted molar refractivity (Wildman–Crippen MR) is 145 cm³/mol. The Kier molecular flexibility index (Phi) is 7.72. The lowest BCUT2D eigenvalue weighted by Crippen LogP contribution is -2.38. The van der Waals surface area contributed by atoms with E-state index in [1.807, 2.05) is 37.3 Å². The van der Waals surface area contributed by atoms with Crippen LogP contribution in [0.1, 0.15) is 50.8 Å². The molecule has 1 aromatic heterocycles. The minimum atomic E-state index is -0.138. The van der Waals surface area contributed by atoms with Gasteiger partial charge in [-0.3, -0.25) is 14.8 Å². The minimum Gasteiger partial charge on any atom is -0.488 e. The third kappa shape index (κ3) is 5.78. The molecule has 0 saturated carbocycles. The highest BCUT2D eigenvalue weighted by Gasteiger charge is 2.27. The summed E-state index contributed by atoms with van der Waals surface area (Å²) in [5.41, 5.74) is 4.19. The number of benzene rings is 2. The molecule has 2 aliphatic heterocycles. The molecule has 0 bridgehead atoms. The first kappa shape index (κ1) is 25.6. The van der Waals surface area contributed by atoms with Gasteiger partial charge in [-0.2, -0.15) is 5.10 Å². The molecule has 196 valence electrons. The van der Waals surface area contributed by atoms with Crippen molar-refractivity contribution < 1.29 is 19.0 Å². The number of carbonyl (C=O) groups is 1. The van der Waals surface area contributed by atoms with Crippen LogP contribution in [-0.2, 0) is 9.53 Å². The summed E-state index contributed by atoms with van der Waals surface area (Å²) in [7, 11) is 0. The summed E-state index contributed by atoms with van der Waals surface area (Å²) >= 11 is 6.27. The van der Waals surface area contributed by atoms with Gasteiger partial charge in [-0.15, -0.1) is 0 Å². The van der Waals surface area contributed by atoms with Crippen molar-refractivity contribution in [1.29, 1.82) is 0 Å². The Balaban J connectivity index is 1.24. The number of halogens is 1. The van der Waals surface area contributed by atoms with Gasteiger partial charge in [0.2, 0.25) is 0 Å². The van der Waals surface area contributed by atoms with E-state index < -0.39 is 0 Å². The molecule has 1 atom stereocenters. The number of hydrogen-bond acceptors (Lipinski definition) is 6. The van der Waals surface area contributed by atoms with Crippen molar-refractivity contribution in [2.75, 3.05) is 32.8 Å². The number of fused-ring (bicyclic) bond motifs is 2. The molecule has 7 nitrogen and oxygen atoms in total. The molecule has 0 radical (unpaired) electrons. The molecule has 3 heterocycles. The zero-order valence-corrected chi connectivity index (χ0v) is 22.4. The van der Waals surface area contributed by atoms with Crippen LogP contribution in [0.5, 0.6) is 11.5 Å². The van der Waals surface area contributed by atoms with E-state index in [0.29, 0.717) is 18.4 Å². The SMILES string of the molecule is CCOC(=O)C1CCN(CC2=Cc3ccc(OC(c4ccc5n[nH]c(Cl)c5c4)C(C)C)cc3OC2)CC1. The first-order chi connectivity index (χ1) is 17.9. The number of rotatable bonds is 8. The Hall–Kier alpha value is -3.03. The second-order valence-corrected chi connectivity index (χ2v) is 10.6. The fraction of sp³-hybridized carbons (Fsp3) is 0.448. The highest BCUT2D eigenvalue weighted by Crippen LogP contribution is 2.36. The van der Waals surface area contributed by atoms with Gasteiger partial charge in [0.1, 0.15) is 29.4 Å². The second kappa shape index (κ2) is 11.2. The molecule has 0 spiro atoms. The lowest BCUT2D eigenvalue weighted by Gasteiger charge is -2.32. The maximum absolute atomic E-state index is 12.0. The highest BCUT2D eigenvalue weighted by atomic mass is 35.5. The van der Waals surface area contributed by atoms with Crippen LogP contribution in [0.2, 0.25) is 5.15 Å². The van der Waals surface area contributed by atoms with Crippen molar-refractivity contribution in [1.82, 2.24) is 15.1 Å². The zero-order chi connectivity index (χ0) is 25.9. The molecular weight excluding hydrogens is 490 g/mol. The van der Waals surface area contributed by atoms with E-state index >= 15 is 0 Å². The third-order valence-electron chi connectivity index (χ3n) is 7.12. The Labute approximate surface area is 222 Å². The van der Waals surface area contributed by atoms with Gasteiger partial charge in [-0.05, 0) is 80.3 Å². The van der Waals surface area contributed by atoms with E-state index in [2.05, 4.69) is 41.1 Å². The van der Waals surface area contributed by atoms with E-state index in [4.69, 9.17) is 25.8 Å². The number of esters is 1. The molecule has 1 N–H and O–H groups in total. The molecule has 1 fully saturated rings. The number of aromatic nitrogens is 2. The summed E-state index contributed by atoms with van der Waals surface area (Å²) in [5, 5.41) is 8.47. The molecule has 5 rings (SSSR count). The van der Waals surface area contributed by atoms with Crippen molar-refractivity contribution in [2.24, 2.45) is 11.8 Å². The molecule has 3 aromatic rings. The number of carbonyl (C=O) groups excluding carboxylic acids is 1. The van der Waals surface area contributed by atoms with Gasteiger partial charge in [-0.25, -0.2) is 0 Å². The largest absolute Gasteiger partial charge is 0.488 e. The quantitative estimate of drug-likeness (QED) is 0.362. The molecule has 2 aliphatic rings. The fourth-order valence-corrected chi connectivity index (χ4v) is 5.33. The summed E-state index contributed by atoms with van der Waals surface area (Å²) in [6, 6.07) is 12.1. The highest BCUT2D eigenvalue weighted by molar-refractivity contribution is 6.34. The molecule has 8 heteroatoms. The molecule has 0 amide bonds. The number of hydrogen-bond donors (Lipinski definition) is 1. The molecule has 0 aliphatic carbocycles. The lowest BCUT2D eigenvalue weighted by atomic mass is 9.96.